The first kappa shape index (κ1) is 23.1. The summed E-state index contributed by atoms with van der Waals surface area (Å²) in [6, 6.07) is 23.0. The van der Waals surface area contributed by atoms with E-state index in [1.165, 1.54) is 11.1 Å². The van der Waals surface area contributed by atoms with Gasteiger partial charge in [0, 0.05) is 42.5 Å². The fourth-order valence-corrected chi connectivity index (χ4v) is 5.28. The number of anilines is 2. The maximum absolute atomic E-state index is 13.4. The summed E-state index contributed by atoms with van der Waals surface area (Å²) < 4.78 is 5.89. The van der Waals surface area contributed by atoms with Gasteiger partial charge in [0.25, 0.3) is 11.8 Å². The van der Waals surface area contributed by atoms with Crippen LogP contribution in [0.5, 0.6) is 5.75 Å². The highest BCUT2D eigenvalue weighted by atomic mass is 16.5. The van der Waals surface area contributed by atoms with Crippen LogP contribution in [0.15, 0.2) is 72.8 Å². The fraction of sp³-hybridized carbons (Fsp3) is 0.310. The molecule has 0 N–H and O–H groups in total. The molecule has 0 spiro atoms. The summed E-state index contributed by atoms with van der Waals surface area (Å²) >= 11 is 0. The molecule has 0 radical (unpaired) electrons. The number of rotatable bonds is 5. The normalized spacial score (nSPS) is 19.1. The second-order valence-electron chi connectivity index (χ2n) is 9.56. The fourth-order valence-electron chi connectivity index (χ4n) is 5.28. The van der Waals surface area contributed by atoms with Gasteiger partial charge in [-0.1, -0.05) is 35.9 Å². The lowest BCUT2D eigenvalue weighted by atomic mass is 9.89. The zero-order valence-corrected chi connectivity index (χ0v) is 20.5. The van der Waals surface area contributed by atoms with Crippen LogP contribution >= 0.6 is 0 Å². The van der Waals surface area contributed by atoms with Gasteiger partial charge in [-0.2, -0.15) is 0 Å². The molecule has 0 aliphatic carbocycles. The molecule has 2 heterocycles. The van der Waals surface area contributed by atoms with E-state index in [1.54, 1.807) is 36.2 Å². The topological polar surface area (TPSA) is 53.1 Å². The molecule has 2 amide bonds. The van der Waals surface area contributed by atoms with E-state index in [-0.39, 0.29) is 24.5 Å². The Morgan fingerprint density at radius 2 is 1.77 bits per heavy atom. The number of hydrogen-bond acceptors (Lipinski definition) is 4. The molecule has 0 unspecified atom stereocenters. The van der Waals surface area contributed by atoms with E-state index in [1.807, 2.05) is 35.2 Å². The zero-order chi connectivity index (χ0) is 24.5. The second-order valence-corrected chi connectivity index (χ2v) is 9.56. The summed E-state index contributed by atoms with van der Waals surface area (Å²) in [6.45, 7) is 4.02. The minimum Gasteiger partial charge on any atom is -0.484 e. The lowest BCUT2D eigenvalue weighted by Crippen LogP contribution is -2.48. The maximum Gasteiger partial charge on any atom is 0.265 e. The molecular weight excluding hydrogens is 438 g/mol. The van der Waals surface area contributed by atoms with Crippen molar-refractivity contribution in [1.82, 2.24) is 4.90 Å². The number of benzene rings is 3. The molecule has 6 nitrogen and oxygen atoms in total. The first-order valence-corrected chi connectivity index (χ1v) is 12.1. The number of likely N-dealkylation sites (N-methyl/N-ethyl adjacent to an activating group) is 1. The molecule has 0 bridgehead atoms. The Morgan fingerprint density at radius 3 is 2.51 bits per heavy atom. The number of hydrogen-bond donors (Lipinski definition) is 0. The predicted octanol–water partition coefficient (Wildman–Crippen LogP) is 4.48. The number of amides is 2. The van der Waals surface area contributed by atoms with Crippen molar-refractivity contribution in [2.24, 2.45) is 0 Å². The lowest BCUT2D eigenvalue weighted by Gasteiger charge is -2.36. The van der Waals surface area contributed by atoms with Gasteiger partial charge in [-0.05, 0) is 75.0 Å². The molecule has 2 aliphatic rings. The van der Waals surface area contributed by atoms with Gasteiger partial charge in [-0.15, -0.1) is 0 Å². The Hall–Kier alpha value is -3.64. The summed E-state index contributed by atoms with van der Waals surface area (Å²) in [7, 11) is 3.90. The molecular formula is C29H31N3O3. The standard InChI is InChI=1S/C29H31N3O3/c1-20-9-14-26-24(17-20)25-18-30(2)16-15-27(25)32(26)28(33)19-35-23-12-10-22(11-13-23)31(3)29(34)21-7-5-4-6-8-21/h4-14,17,25,27H,15-16,18-19H2,1-3H3/t25-,27+/m0/s1. The third-order valence-electron chi connectivity index (χ3n) is 7.13. The van der Waals surface area contributed by atoms with E-state index >= 15 is 0 Å². The second kappa shape index (κ2) is 9.55. The molecule has 1 saturated heterocycles. The number of piperidine rings is 1. The van der Waals surface area contributed by atoms with Crippen molar-refractivity contribution in [1.29, 1.82) is 0 Å². The number of nitrogens with zero attached hydrogens (tertiary/aromatic N) is 3. The van der Waals surface area contributed by atoms with Crippen molar-refractivity contribution in [2.75, 3.05) is 43.6 Å². The van der Waals surface area contributed by atoms with Crippen LogP contribution in [0.2, 0.25) is 0 Å². The summed E-state index contributed by atoms with van der Waals surface area (Å²) in [5, 5.41) is 0. The molecule has 3 aromatic rings. The van der Waals surface area contributed by atoms with Gasteiger partial charge < -0.3 is 19.4 Å². The van der Waals surface area contributed by atoms with E-state index < -0.39 is 0 Å². The van der Waals surface area contributed by atoms with Crippen LogP contribution in [-0.4, -0.2) is 56.5 Å². The van der Waals surface area contributed by atoms with Crippen molar-refractivity contribution >= 4 is 23.2 Å². The van der Waals surface area contributed by atoms with E-state index in [9.17, 15) is 9.59 Å². The highest BCUT2D eigenvalue weighted by Crippen LogP contribution is 2.45. The van der Waals surface area contributed by atoms with Crippen molar-refractivity contribution in [2.45, 2.75) is 25.3 Å². The van der Waals surface area contributed by atoms with Crippen LogP contribution in [0.3, 0.4) is 0 Å². The minimum absolute atomic E-state index is 0.0207. The van der Waals surface area contributed by atoms with Crippen molar-refractivity contribution < 1.29 is 14.3 Å². The number of carbonyl (C=O) groups excluding carboxylic acids is 2. The quantitative estimate of drug-likeness (QED) is 0.553. The Bertz CT molecular complexity index is 1230. The van der Waals surface area contributed by atoms with Crippen molar-refractivity contribution in [3.63, 3.8) is 0 Å². The van der Waals surface area contributed by atoms with Gasteiger partial charge in [-0.3, -0.25) is 9.59 Å². The van der Waals surface area contributed by atoms with Crippen LogP contribution < -0.4 is 14.5 Å². The molecule has 5 rings (SSSR count). The van der Waals surface area contributed by atoms with Crippen LogP contribution in [0.1, 0.15) is 33.8 Å². The van der Waals surface area contributed by atoms with Crippen molar-refractivity contribution in [3.05, 3.63) is 89.5 Å². The smallest absolute Gasteiger partial charge is 0.265 e. The average Bonchev–Trinajstić information content (AvgIpc) is 3.20. The summed E-state index contributed by atoms with van der Waals surface area (Å²) in [6.07, 6.45) is 0.955. The monoisotopic (exact) mass is 469 g/mol. The average molecular weight is 470 g/mol. The number of ether oxygens (including phenoxy) is 1. The summed E-state index contributed by atoms with van der Waals surface area (Å²) in [4.78, 5) is 32.0. The molecule has 3 aromatic carbocycles. The Labute approximate surface area is 206 Å². The third kappa shape index (κ3) is 4.54. The van der Waals surface area contributed by atoms with Crippen LogP contribution in [0.4, 0.5) is 11.4 Å². The van der Waals surface area contributed by atoms with Gasteiger partial charge in [-0.25, -0.2) is 0 Å². The molecule has 2 atom stereocenters. The predicted molar refractivity (Wildman–Crippen MR) is 138 cm³/mol. The molecule has 0 saturated carbocycles. The number of carbonyl (C=O) groups is 2. The van der Waals surface area contributed by atoms with Crippen LogP contribution in [-0.2, 0) is 4.79 Å². The van der Waals surface area contributed by atoms with Gasteiger partial charge >= 0.3 is 0 Å². The van der Waals surface area contributed by atoms with E-state index in [0.717, 1.165) is 30.9 Å². The van der Waals surface area contributed by atoms with Crippen LogP contribution in [0, 0.1) is 6.92 Å². The molecule has 35 heavy (non-hydrogen) atoms. The first-order chi connectivity index (χ1) is 16.9. The maximum atomic E-state index is 13.4. The SMILES string of the molecule is Cc1ccc2c(c1)[C@@H]1CN(C)CC[C@H]1N2C(=O)COc1ccc(N(C)C(=O)c2ccccc2)cc1. The summed E-state index contributed by atoms with van der Waals surface area (Å²) in [5.41, 5.74) is 4.90. The summed E-state index contributed by atoms with van der Waals surface area (Å²) in [5.74, 6) is 0.841. The number of aryl methyl sites for hydroxylation is 1. The molecule has 0 aromatic heterocycles. The largest absolute Gasteiger partial charge is 0.484 e. The van der Waals surface area contributed by atoms with Gasteiger partial charge in [0.1, 0.15) is 5.75 Å². The zero-order valence-electron chi connectivity index (χ0n) is 20.5. The van der Waals surface area contributed by atoms with Crippen LogP contribution in [0.25, 0.3) is 0 Å². The lowest BCUT2D eigenvalue weighted by molar-refractivity contribution is -0.121. The number of fused-ring (bicyclic) bond motifs is 3. The van der Waals surface area contributed by atoms with E-state index in [4.69, 9.17) is 4.74 Å². The molecule has 1 fully saturated rings. The Kier molecular flexibility index (Phi) is 6.31. The van der Waals surface area contributed by atoms with Gasteiger partial charge in [0.2, 0.25) is 0 Å². The van der Waals surface area contributed by atoms with Gasteiger partial charge in [0.05, 0.1) is 0 Å². The minimum atomic E-state index is -0.0786. The van der Waals surface area contributed by atoms with Crippen molar-refractivity contribution in [3.8, 4) is 5.75 Å². The van der Waals surface area contributed by atoms with E-state index in [2.05, 4.69) is 37.1 Å². The Morgan fingerprint density at radius 1 is 1.03 bits per heavy atom. The highest BCUT2D eigenvalue weighted by Gasteiger charge is 2.43. The molecule has 6 heteroatoms. The molecule has 180 valence electrons. The third-order valence-corrected chi connectivity index (χ3v) is 7.13. The van der Waals surface area contributed by atoms with E-state index in [0.29, 0.717) is 17.2 Å². The first-order valence-electron chi connectivity index (χ1n) is 12.1. The van der Waals surface area contributed by atoms with Gasteiger partial charge in [0.15, 0.2) is 6.61 Å². The Balaban J connectivity index is 1.26. The molecule has 2 aliphatic heterocycles. The highest BCUT2D eigenvalue weighted by molar-refractivity contribution is 6.05. The number of likely N-dealkylation sites (tertiary alicyclic amines) is 1.